The Morgan fingerprint density at radius 2 is 1.74 bits per heavy atom. The molecule has 0 bridgehead atoms. The van der Waals surface area contributed by atoms with E-state index in [-0.39, 0.29) is 11.7 Å². The molecular weight excluding hydrogens is 340 g/mol. The van der Waals surface area contributed by atoms with Gasteiger partial charge < -0.3 is 20.1 Å². The number of carbonyl (C=O) groups excluding carboxylic acids is 1. The normalized spacial score (nSPS) is 15.8. The highest BCUT2D eigenvalue weighted by Crippen LogP contribution is 2.40. The number of aromatic hydroxyl groups is 1. The summed E-state index contributed by atoms with van der Waals surface area (Å²) in [7, 11) is 1.51. The Morgan fingerprint density at radius 3 is 2.52 bits per heavy atom. The monoisotopic (exact) mass is 360 g/mol. The molecule has 0 saturated heterocycles. The third-order valence-electron chi connectivity index (χ3n) is 4.76. The molecule has 0 spiro atoms. The van der Waals surface area contributed by atoms with Gasteiger partial charge in [0.25, 0.3) is 5.91 Å². The molecule has 2 N–H and O–H groups in total. The maximum atomic E-state index is 13.2. The molecule has 0 fully saturated rings. The SMILES string of the molecule is COc1cccc([C@@H]2Nc3ccccc3C(=O)N2Cc2ccccc2)c1O. The quantitative estimate of drug-likeness (QED) is 0.733. The summed E-state index contributed by atoms with van der Waals surface area (Å²) in [5.41, 5.74) is 2.97. The number of amides is 1. The maximum absolute atomic E-state index is 13.2. The van der Waals surface area contributed by atoms with Crippen molar-refractivity contribution in [1.29, 1.82) is 0 Å². The predicted molar refractivity (Wildman–Crippen MR) is 104 cm³/mol. The van der Waals surface area contributed by atoms with Crippen molar-refractivity contribution in [2.24, 2.45) is 0 Å². The van der Waals surface area contributed by atoms with Crippen molar-refractivity contribution in [3.05, 3.63) is 89.5 Å². The molecule has 0 unspecified atom stereocenters. The molecule has 136 valence electrons. The fraction of sp³-hybridized carbons (Fsp3) is 0.136. The fourth-order valence-electron chi connectivity index (χ4n) is 3.41. The topological polar surface area (TPSA) is 61.8 Å². The van der Waals surface area contributed by atoms with Crippen LogP contribution in [0.15, 0.2) is 72.8 Å². The van der Waals surface area contributed by atoms with Crippen molar-refractivity contribution in [1.82, 2.24) is 4.90 Å². The zero-order valence-electron chi connectivity index (χ0n) is 14.9. The van der Waals surface area contributed by atoms with Gasteiger partial charge in [-0.25, -0.2) is 0 Å². The minimum Gasteiger partial charge on any atom is -0.504 e. The Morgan fingerprint density at radius 1 is 1.00 bits per heavy atom. The van der Waals surface area contributed by atoms with Crippen molar-refractivity contribution in [2.45, 2.75) is 12.7 Å². The number of fused-ring (bicyclic) bond motifs is 1. The number of para-hydroxylation sites is 2. The summed E-state index contributed by atoms with van der Waals surface area (Å²) in [4.78, 5) is 15.0. The van der Waals surface area contributed by atoms with Gasteiger partial charge in [-0.2, -0.15) is 0 Å². The Balaban J connectivity index is 1.80. The zero-order chi connectivity index (χ0) is 18.8. The van der Waals surface area contributed by atoms with E-state index in [0.29, 0.717) is 23.4 Å². The standard InChI is InChI=1S/C22H20N2O3/c1-27-19-13-7-11-17(20(19)25)21-23-18-12-6-5-10-16(18)22(26)24(21)14-15-8-3-2-4-9-15/h2-13,21,23,25H,14H2,1H3/t21-/m1/s1. The minimum atomic E-state index is -0.511. The van der Waals surface area contributed by atoms with Crippen LogP contribution in [0, 0.1) is 0 Å². The van der Waals surface area contributed by atoms with Gasteiger partial charge in [-0.15, -0.1) is 0 Å². The zero-order valence-corrected chi connectivity index (χ0v) is 14.9. The highest BCUT2D eigenvalue weighted by atomic mass is 16.5. The number of benzene rings is 3. The molecule has 3 aromatic carbocycles. The molecule has 5 heteroatoms. The summed E-state index contributed by atoms with van der Waals surface area (Å²) >= 11 is 0. The van der Waals surface area contributed by atoms with Gasteiger partial charge in [-0.3, -0.25) is 4.79 Å². The number of nitrogens with one attached hydrogen (secondary N) is 1. The minimum absolute atomic E-state index is 0.0303. The molecule has 1 aliphatic rings. The lowest BCUT2D eigenvalue weighted by atomic mass is 10.0. The number of phenolic OH excluding ortho intramolecular Hbond substituents is 1. The maximum Gasteiger partial charge on any atom is 0.258 e. The molecule has 0 saturated carbocycles. The molecule has 0 radical (unpaired) electrons. The predicted octanol–water partition coefficient (Wildman–Crippen LogP) is 4.17. The van der Waals surface area contributed by atoms with Crippen molar-refractivity contribution >= 4 is 11.6 Å². The summed E-state index contributed by atoms with van der Waals surface area (Å²) < 4.78 is 5.25. The molecule has 0 aromatic heterocycles. The van der Waals surface area contributed by atoms with Crippen LogP contribution in [0.3, 0.4) is 0 Å². The van der Waals surface area contributed by atoms with Crippen molar-refractivity contribution in [2.75, 3.05) is 12.4 Å². The Hall–Kier alpha value is -3.47. The number of anilines is 1. The molecule has 1 amide bonds. The first-order chi connectivity index (χ1) is 13.2. The second-order valence-electron chi connectivity index (χ2n) is 6.41. The number of nitrogens with zero attached hydrogens (tertiary/aromatic N) is 1. The van der Waals surface area contributed by atoms with Crippen LogP contribution in [-0.2, 0) is 6.54 Å². The van der Waals surface area contributed by atoms with Gasteiger partial charge in [-0.05, 0) is 23.8 Å². The van der Waals surface area contributed by atoms with Crippen LogP contribution in [0.4, 0.5) is 5.69 Å². The average molecular weight is 360 g/mol. The van der Waals surface area contributed by atoms with Gasteiger partial charge in [0, 0.05) is 17.8 Å². The highest BCUT2D eigenvalue weighted by molar-refractivity contribution is 6.01. The number of methoxy groups -OCH3 is 1. The summed E-state index contributed by atoms with van der Waals surface area (Å²) in [6.45, 7) is 0.419. The fourth-order valence-corrected chi connectivity index (χ4v) is 3.41. The third kappa shape index (κ3) is 3.08. The largest absolute Gasteiger partial charge is 0.504 e. The van der Waals surface area contributed by atoms with E-state index >= 15 is 0 Å². The highest BCUT2D eigenvalue weighted by Gasteiger charge is 2.34. The molecule has 1 atom stereocenters. The second kappa shape index (κ2) is 7.03. The third-order valence-corrected chi connectivity index (χ3v) is 4.76. The van der Waals surface area contributed by atoms with Crippen LogP contribution in [0.2, 0.25) is 0 Å². The molecule has 3 aromatic rings. The van der Waals surface area contributed by atoms with E-state index < -0.39 is 6.17 Å². The van der Waals surface area contributed by atoms with Gasteiger partial charge >= 0.3 is 0 Å². The first-order valence-electron chi connectivity index (χ1n) is 8.75. The Bertz CT molecular complexity index is 972. The lowest BCUT2D eigenvalue weighted by Gasteiger charge is -2.38. The van der Waals surface area contributed by atoms with Crippen LogP contribution in [0.5, 0.6) is 11.5 Å². The van der Waals surface area contributed by atoms with Crippen LogP contribution >= 0.6 is 0 Å². The number of carbonyl (C=O) groups is 1. The van der Waals surface area contributed by atoms with Crippen molar-refractivity contribution in [3.63, 3.8) is 0 Å². The number of ether oxygens (including phenoxy) is 1. The lowest BCUT2D eigenvalue weighted by Crippen LogP contribution is -2.42. The molecule has 0 aliphatic carbocycles. The van der Waals surface area contributed by atoms with E-state index in [2.05, 4.69) is 5.32 Å². The first-order valence-corrected chi connectivity index (χ1v) is 8.75. The van der Waals surface area contributed by atoms with E-state index in [0.717, 1.165) is 11.3 Å². The Kier molecular flexibility index (Phi) is 4.42. The number of hydrogen-bond acceptors (Lipinski definition) is 4. The smallest absolute Gasteiger partial charge is 0.258 e. The van der Waals surface area contributed by atoms with E-state index in [9.17, 15) is 9.90 Å². The van der Waals surface area contributed by atoms with Gasteiger partial charge in [0.2, 0.25) is 0 Å². The number of rotatable bonds is 4. The molecule has 4 rings (SSSR count). The molecule has 1 heterocycles. The number of hydrogen-bond donors (Lipinski definition) is 2. The average Bonchev–Trinajstić information content (AvgIpc) is 2.71. The first kappa shape index (κ1) is 17.0. The summed E-state index contributed by atoms with van der Waals surface area (Å²) in [6.07, 6.45) is -0.511. The second-order valence-corrected chi connectivity index (χ2v) is 6.41. The van der Waals surface area contributed by atoms with E-state index in [1.807, 2.05) is 54.6 Å². The Labute approximate surface area is 157 Å². The van der Waals surface area contributed by atoms with E-state index in [1.165, 1.54) is 7.11 Å². The van der Waals surface area contributed by atoms with Crippen LogP contribution in [-0.4, -0.2) is 23.0 Å². The van der Waals surface area contributed by atoms with Gasteiger partial charge in [0.15, 0.2) is 11.5 Å². The molecular formula is C22H20N2O3. The molecule has 5 nitrogen and oxygen atoms in total. The summed E-state index contributed by atoms with van der Waals surface area (Å²) in [5, 5.41) is 14.1. The van der Waals surface area contributed by atoms with Crippen molar-refractivity contribution < 1.29 is 14.6 Å². The van der Waals surface area contributed by atoms with E-state index in [4.69, 9.17) is 4.74 Å². The van der Waals surface area contributed by atoms with Crippen LogP contribution in [0.25, 0.3) is 0 Å². The van der Waals surface area contributed by atoms with E-state index in [1.54, 1.807) is 23.1 Å². The van der Waals surface area contributed by atoms with Crippen LogP contribution < -0.4 is 10.1 Å². The number of phenols is 1. The summed E-state index contributed by atoms with van der Waals surface area (Å²) in [6, 6.07) is 22.5. The molecule has 1 aliphatic heterocycles. The molecule has 27 heavy (non-hydrogen) atoms. The lowest BCUT2D eigenvalue weighted by molar-refractivity contribution is 0.0664. The van der Waals surface area contributed by atoms with Crippen LogP contribution in [0.1, 0.15) is 27.7 Å². The van der Waals surface area contributed by atoms with Crippen molar-refractivity contribution in [3.8, 4) is 11.5 Å². The summed E-state index contributed by atoms with van der Waals surface area (Å²) in [5.74, 6) is 0.323. The van der Waals surface area contributed by atoms with Gasteiger partial charge in [-0.1, -0.05) is 54.6 Å². The van der Waals surface area contributed by atoms with Gasteiger partial charge in [0.05, 0.1) is 12.7 Å². The van der Waals surface area contributed by atoms with Gasteiger partial charge in [0.1, 0.15) is 6.17 Å².